The summed E-state index contributed by atoms with van der Waals surface area (Å²) in [6.07, 6.45) is 0. The summed E-state index contributed by atoms with van der Waals surface area (Å²) in [5.74, 6) is 0.00210. The second kappa shape index (κ2) is 4.82. The largest absolute Gasteiger partial charge is 0.381 e. The van der Waals surface area contributed by atoms with Crippen LogP contribution in [-0.4, -0.2) is 18.2 Å². The Morgan fingerprint density at radius 2 is 1.90 bits per heavy atom. The molecule has 0 saturated carbocycles. The molecule has 3 N–H and O–H groups in total. The van der Waals surface area contributed by atoms with E-state index in [9.17, 15) is 8.42 Å². The molecule has 1 aromatic heterocycles. The molecule has 0 amide bonds. The van der Waals surface area contributed by atoms with Crippen LogP contribution in [0.15, 0.2) is 23.1 Å². The number of hydrogen-bond donors (Lipinski definition) is 2. The standard InChI is InChI=1S/C13H18N4O2S/c1-8-5-6-11(9(2)7-8)16-20(18,19)12-10(3)17(4)15-13(12)14/h5-7,16H,1-4H3,(H2,14,15). The van der Waals surface area contributed by atoms with Gasteiger partial charge in [0, 0.05) is 7.05 Å². The highest BCUT2D eigenvalue weighted by atomic mass is 32.2. The molecule has 0 fully saturated rings. The van der Waals surface area contributed by atoms with Gasteiger partial charge in [-0.3, -0.25) is 9.40 Å². The fourth-order valence-electron chi connectivity index (χ4n) is 2.07. The van der Waals surface area contributed by atoms with Crippen LogP contribution >= 0.6 is 0 Å². The van der Waals surface area contributed by atoms with Crippen molar-refractivity contribution in [2.75, 3.05) is 10.5 Å². The van der Waals surface area contributed by atoms with Crippen molar-refractivity contribution in [1.29, 1.82) is 0 Å². The number of nitrogen functional groups attached to an aromatic ring is 1. The Labute approximate surface area is 118 Å². The van der Waals surface area contributed by atoms with E-state index in [0.29, 0.717) is 11.4 Å². The second-order valence-electron chi connectivity index (χ2n) is 4.85. The van der Waals surface area contributed by atoms with Crippen molar-refractivity contribution in [2.24, 2.45) is 7.05 Å². The van der Waals surface area contributed by atoms with E-state index >= 15 is 0 Å². The van der Waals surface area contributed by atoms with Crippen LogP contribution in [0.4, 0.5) is 11.5 Å². The van der Waals surface area contributed by atoms with E-state index in [4.69, 9.17) is 5.73 Å². The summed E-state index contributed by atoms with van der Waals surface area (Å²) < 4.78 is 28.9. The number of hydrogen-bond acceptors (Lipinski definition) is 4. The third-order valence-corrected chi connectivity index (χ3v) is 4.73. The third-order valence-electron chi connectivity index (χ3n) is 3.20. The number of sulfonamides is 1. The third kappa shape index (κ3) is 2.49. The van der Waals surface area contributed by atoms with Crippen LogP contribution in [-0.2, 0) is 17.1 Å². The molecule has 0 unspecified atom stereocenters. The first-order valence-electron chi connectivity index (χ1n) is 6.11. The number of anilines is 2. The van der Waals surface area contributed by atoms with Gasteiger partial charge >= 0.3 is 0 Å². The molecule has 2 rings (SSSR count). The second-order valence-corrected chi connectivity index (χ2v) is 6.47. The molecule has 2 aromatic rings. The molecule has 1 aromatic carbocycles. The number of nitrogens with two attached hydrogens (primary N) is 1. The Morgan fingerprint density at radius 1 is 1.25 bits per heavy atom. The van der Waals surface area contributed by atoms with E-state index < -0.39 is 10.0 Å². The summed E-state index contributed by atoms with van der Waals surface area (Å²) in [7, 11) is -2.09. The maximum absolute atomic E-state index is 12.4. The molecule has 0 saturated heterocycles. The molecule has 0 aliphatic heterocycles. The number of benzene rings is 1. The quantitative estimate of drug-likeness (QED) is 0.902. The normalized spacial score (nSPS) is 11.6. The van der Waals surface area contributed by atoms with Crippen molar-refractivity contribution >= 4 is 21.5 Å². The molecule has 0 bridgehead atoms. The summed E-state index contributed by atoms with van der Waals surface area (Å²) in [6.45, 7) is 5.47. The minimum absolute atomic E-state index is 0.00210. The summed E-state index contributed by atoms with van der Waals surface area (Å²) in [4.78, 5) is 0.0278. The lowest BCUT2D eigenvalue weighted by Crippen LogP contribution is -2.16. The van der Waals surface area contributed by atoms with Crippen molar-refractivity contribution < 1.29 is 8.42 Å². The molecule has 20 heavy (non-hydrogen) atoms. The SMILES string of the molecule is Cc1ccc(NS(=O)(=O)c2c(N)nn(C)c2C)c(C)c1. The maximum atomic E-state index is 12.4. The summed E-state index contributed by atoms with van der Waals surface area (Å²) in [5, 5.41) is 3.93. The minimum Gasteiger partial charge on any atom is -0.381 e. The fourth-order valence-corrected chi connectivity index (χ4v) is 3.53. The Bertz CT molecular complexity index is 763. The molecule has 108 valence electrons. The van der Waals surface area contributed by atoms with Gasteiger partial charge in [-0.15, -0.1) is 0 Å². The lowest BCUT2D eigenvalue weighted by Gasteiger charge is -2.11. The van der Waals surface area contributed by atoms with Crippen molar-refractivity contribution in [2.45, 2.75) is 25.7 Å². The van der Waals surface area contributed by atoms with E-state index in [2.05, 4.69) is 9.82 Å². The van der Waals surface area contributed by atoms with Gasteiger partial charge in [-0.2, -0.15) is 5.10 Å². The predicted octanol–water partition coefficient (Wildman–Crippen LogP) is 1.73. The van der Waals surface area contributed by atoms with Crippen LogP contribution in [0.1, 0.15) is 16.8 Å². The number of rotatable bonds is 3. The van der Waals surface area contributed by atoms with E-state index in [1.807, 2.05) is 26.0 Å². The molecule has 6 nitrogen and oxygen atoms in total. The van der Waals surface area contributed by atoms with Gasteiger partial charge in [-0.1, -0.05) is 17.7 Å². The maximum Gasteiger partial charge on any atom is 0.267 e. The number of nitrogens with one attached hydrogen (secondary N) is 1. The molecular weight excluding hydrogens is 276 g/mol. The van der Waals surface area contributed by atoms with E-state index in [1.54, 1.807) is 20.0 Å². The highest BCUT2D eigenvalue weighted by Crippen LogP contribution is 2.25. The van der Waals surface area contributed by atoms with Crippen LogP contribution in [0, 0.1) is 20.8 Å². The molecule has 0 atom stereocenters. The molecule has 0 aliphatic rings. The zero-order valence-corrected chi connectivity index (χ0v) is 12.7. The van der Waals surface area contributed by atoms with E-state index in [1.165, 1.54) is 4.68 Å². The van der Waals surface area contributed by atoms with E-state index in [-0.39, 0.29) is 10.7 Å². The smallest absolute Gasteiger partial charge is 0.267 e. The van der Waals surface area contributed by atoms with Gasteiger partial charge in [0.15, 0.2) is 10.7 Å². The van der Waals surface area contributed by atoms with Gasteiger partial charge in [0.1, 0.15) is 0 Å². The van der Waals surface area contributed by atoms with Crippen molar-refractivity contribution in [3.63, 3.8) is 0 Å². The lowest BCUT2D eigenvalue weighted by atomic mass is 10.1. The van der Waals surface area contributed by atoms with Crippen LogP contribution in [0.2, 0.25) is 0 Å². The molecule has 0 spiro atoms. The first-order valence-corrected chi connectivity index (χ1v) is 7.60. The van der Waals surface area contributed by atoms with Crippen LogP contribution in [0.5, 0.6) is 0 Å². The van der Waals surface area contributed by atoms with Crippen LogP contribution < -0.4 is 10.5 Å². The fraction of sp³-hybridized carbons (Fsp3) is 0.308. The van der Waals surface area contributed by atoms with Crippen LogP contribution in [0.25, 0.3) is 0 Å². The van der Waals surface area contributed by atoms with Gasteiger partial charge in [-0.05, 0) is 32.4 Å². The molecule has 1 heterocycles. The van der Waals surface area contributed by atoms with Crippen molar-refractivity contribution in [1.82, 2.24) is 9.78 Å². The highest BCUT2D eigenvalue weighted by molar-refractivity contribution is 7.93. The van der Waals surface area contributed by atoms with Gasteiger partial charge < -0.3 is 5.73 Å². The first-order chi connectivity index (χ1) is 9.22. The molecular formula is C13H18N4O2S. The summed E-state index contributed by atoms with van der Waals surface area (Å²) >= 11 is 0. The van der Waals surface area contributed by atoms with E-state index in [0.717, 1.165) is 11.1 Å². The van der Waals surface area contributed by atoms with Gasteiger partial charge in [0.05, 0.1) is 11.4 Å². The van der Waals surface area contributed by atoms with Gasteiger partial charge in [0.25, 0.3) is 10.0 Å². The van der Waals surface area contributed by atoms with Crippen molar-refractivity contribution in [3.05, 3.63) is 35.0 Å². The Hall–Kier alpha value is -2.02. The van der Waals surface area contributed by atoms with Crippen LogP contribution in [0.3, 0.4) is 0 Å². The number of nitrogens with zero attached hydrogens (tertiary/aromatic N) is 2. The average Bonchev–Trinajstić information content (AvgIpc) is 2.57. The zero-order valence-electron chi connectivity index (χ0n) is 11.9. The molecule has 0 radical (unpaired) electrons. The Morgan fingerprint density at radius 3 is 2.40 bits per heavy atom. The summed E-state index contributed by atoms with van der Waals surface area (Å²) in [5.41, 5.74) is 8.66. The topological polar surface area (TPSA) is 90.0 Å². The Kier molecular flexibility index (Phi) is 3.47. The van der Waals surface area contributed by atoms with Gasteiger partial charge in [0.2, 0.25) is 0 Å². The molecule has 7 heteroatoms. The number of aryl methyl sites for hydroxylation is 3. The predicted molar refractivity (Wildman–Crippen MR) is 79.1 cm³/mol. The number of aromatic nitrogens is 2. The van der Waals surface area contributed by atoms with Crippen molar-refractivity contribution in [3.8, 4) is 0 Å². The monoisotopic (exact) mass is 294 g/mol. The van der Waals surface area contributed by atoms with Gasteiger partial charge in [-0.25, -0.2) is 8.42 Å². The highest BCUT2D eigenvalue weighted by Gasteiger charge is 2.25. The average molecular weight is 294 g/mol. The summed E-state index contributed by atoms with van der Waals surface area (Å²) in [6, 6.07) is 5.51. The molecule has 0 aliphatic carbocycles. The first kappa shape index (κ1) is 14.4. The minimum atomic E-state index is -3.75. The lowest BCUT2D eigenvalue weighted by molar-refractivity contribution is 0.600. The zero-order chi connectivity index (χ0) is 15.1. The Balaban J connectivity index is 2.46.